The van der Waals surface area contributed by atoms with Crippen molar-refractivity contribution in [3.63, 3.8) is 0 Å². The van der Waals surface area contributed by atoms with E-state index in [1.54, 1.807) is 37.1 Å². The van der Waals surface area contributed by atoms with Crippen molar-refractivity contribution in [1.82, 2.24) is 20.2 Å². The second-order valence-corrected chi connectivity index (χ2v) is 7.52. The third kappa shape index (κ3) is 5.73. The van der Waals surface area contributed by atoms with E-state index in [1.807, 2.05) is 12.1 Å². The van der Waals surface area contributed by atoms with Crippen LogP contribution in [0.4, 0.5) is 5.69 Å². The van der Waals surface area contributed by atoms with Crippen molar-refractivity contribution < 1.29 is 14.3 Å². The summed E-state index contributed by atoms with van der Waals surface area (Å²) in [6.45, 7) is 2.18. The molecule has 0 aliphatic heterocycles. The zero-order valence-electron chi connectivity index (χ0n) is 17.3. The number of thioether (sulfide) groups is 1. The number of nitrogens with zero attached hydrogens (tertiary/aromatic N) is 4. The second kappa shape index (κ2) is 10.6. The van der Waals surface area contributed by atoms with Crippen LogP contribution in [0, 0.1) is 0 Å². The fourth-order valence-corrected chi connectivity index (χ4v) is 3.51. The molecule has 2 aromatic carbocycles. The maximum Gasteiger partial charge on any atom is 0.234 e. The van der Waals surface area contributed by atoms with Crippen LogP contribution in [0.3, 0.4) is 0 Å². The average molecular weight is 428 g/mol. The summed E-state index contributed by atoms with van der Waals surface area (Å²) in [7, 11) is 3.12. The molecular weight excluding hydrogens is 402 g/mol. The van der Waals surface area contributed by atoms with E-state index in [0.717, 1.165) is 12.1 Å². The fraction of sp³-hybridized carbons (Fsp3) is 0.333. The minimum Gasteiger partial charge on any atom is -0.497 e. The van der Waals surface area contributed by atoms with E-state index in [4.69, 9.17) is 9.47 Å². The summed E-state index contributed by atoms with van der Waals surface area (Å²) in [5.41, 5.74) is 2.75. The molecule has 0 unspecified atom stereocenters. The Balaban J connectivity index is 1.62. The summed E-state index contributed by atoms with van der Waals surface area (Å²) in [6.07, 6.45) is 3.39. The van der Waals surface area contributed by atoms with Gasteiger partial charge >= 0.3 is 0 Å². The van der Waals surface area contributed by atoms with Crippen LogP contribution in [0.5, 0.6) is 11.5 Å². The highest BCUT2D eigenvalue weighted by Crippen LogP contribution is 2.26. The van der Waals surface area contributed by atoms with Gasteiger partial charge in [-0.3, -0.25) is 4.79 Å². The van der Waals surface area contributed by atoms with Gasteiger partial charge in [-0.25, -0.2) is 0 Å². The quantitative estimate of drug-likeness (QED) is 0.493. The number of amides is 1. The first kappa shape index (κ1) is 21.6. The first-order valence-corrected chi connectivity index (χ1v) is 10.6. The van der Waals surface area contributed by atoms with Gasteiger partial charge in [0.15, 0.2) is 0 Å². The number of anilines is 1. The van der Waals surface area contributed by atoms with E-state index < -0.39 is 0 Å². The summed E-state index contributed by atoms with van der Waals surface area (Å²) in [5, 5.41) is 15.2. The van der Waals surface area contributed by atoms with Crippen LogP contribution in [0.2, 0.25) is 0 Å². The molecule has 30 heavy (non-hydrogen) atoms. The standard InChI is InChI=1S/C21H25N5O3S/c1-4-5-6-15-7-9-17(10-8-15)26-21(23-24-25-26)30-14-20(27)22-16-11-18(28-2)13-19(12-16)29-3/h7-13H,4-6,14H2,1-3H3,(H,22,27). The molecule has 0 bridgehead atoms. The Bertz CT molecular complexity index is 953. The normalized spacial score (nSPS) is 10.6. The highest BCUT2D eigenvalue weighted by molar-refractivity contribution is 7.99. The Morgan fingerprint density at radius 1 is 1.10 bits per heavy atom. The molecule has 1 heterocycles. The molecule has 0 aliphatic carbocycles. The molecule has 0 radical (unpaired) electrons. The van der Waals surface area contributed by atoms with Gasteiger partial charge in [0.1, 0.15) is 11.5 Å². The molecule has 0 atom stereocenters. The van der Waals surface area contributed by atoms with Crippen molar-refractivity contribution in [3.05, 3.63) is 48.0 Å². The van der Waals surface area contributed by atoms with E-state index in [-0.39, 0.29) is 11.7 Å². The van der Waals surface area contributed by atoms with Crippen molar-refractivity contribution in [1.29, 1.82) is 0 Å². The van der Waals surface area contributed by atoms with Gasteiger partial charge in [0, 0.05) is 23.9 Å². The Kier molecular flexibility index (Phi) is 7.67. The van der Waals surface area contributed by atoms with Crippen molar-refractivity contribution in [3.8, 4) is 17.2 Å². The minimum atomic E-state index is -0.181. The Hall–Kier alpha value is -3.07. The van der Waals surface area contributed by atoms with Crippen molar-refractivity contribution in [2.75, 3.05) is 25.3 Å². The molecule has 0 fully saturated rings. The number of carbonyl (C=O) groups excluding carboxylic acids is 1. The van der Waals surface area contributed by atoms with Crippen molar-refractivity contribution in [2.45, 2.75) is 31.3 Å². The van der Waals surface area contributed by atoms with Gasteiger partial charge in [0.05, 0.1) is 25.7 Å². The molecule has 0 aliphatic rings. The van der Waals surface area contributed by atoms with E-state index in [2.05, 4.69) is 39.9 Å². The highest BCUT2D eigenvalue weighted by atomic mass is 32.2. The molecule has 0 spiro atoms. The number of ether oxygens (including phenoxy) is 2. The van der Waals surface area contributed by atoms with Gasteiger partial charge in [-0.15, -0.1) is 5.10 Å². The largest absolute Gasteiger partial charge is 0.497 e. The number of aryl methyl sites for hydroxylation is 1. The molecule has 3 aromatic rings. The predicted molar refractivity (Wildman–Crippen MR) is 117 cm³/mol. The van der Waals surface area contributed by atoms with Gasteiger partial charge in [0.25, 0.3) is 0 Å². The Labute approximate surface area is 180 Å². The number of methoxy groups -OCH3 is 2. The molecule has 9 heteroatoms. The summed E-state index contributed by atoms with van der Waals surface area (Å²) < 4.78 is 12.1. The Morgan fingerprint density at radius 2 is 1.80 bits per heavy atom. The van der Waals surface area contributed by atoms with E-state index >= 15 is 0 Å². The molecule has 1 amide bonds. The lowest BCUT2D eigenvalue weighted by atomic mass is 10.1. The number of rotatable bonds is 10. The maximum absolute atomic E-state index is 12.4. The smallest absolute Gasteiger partial charge is 0.234 e. The van der Waals surface area contributed by atoms with Crippen LogP contribution in [-0.4, -0.2) is 46.1 Å². The number of carbonyl (C=O) groups is 1. The average Bonchev–Trinajstić information content (AvgIpc) is 3.25. The van der Waals surface area contributed by atoms with E-state index in [0.29, 0.717) is 22.3 Å². The number of hydrogen-bond acceptors (Lipinski definition) is 7. The monoisotopic (exact) mass is 427 g/mol. The zero-order chi connectivity index (χ0) is 21.3. The highest BCUT2D eigenvalue weighted by Gasteiger charge is 2.13. The van der Waals surface area contributed by atoms with Gasteiger partial charge in [-0.2, -0.15) is 4.68 Å². The molecule has 0 saturated heterocycles. The summed E-state index contributed by atoms with van der Waals surface area (Å²) in [4.78, 5) is 12.4. The van der Waals surface area contributed by atoms with Gasteiger partial charge in [-0.05, 0) is 41.0 Å². The summed E-state index contributed by atoms with van der Waals surface area (Å²) in [5.74, 6) is 1.18. The third-order valence-corrected chi connectivity index (χ3v) is 5.33. The molecule has 1 N–H and O–H groups in total. The van der Waals surface area contributed by atoms with Crippen LogP contribution in [0.1, 0.15) is 25.3 Å². The van der Waals surface area contributed by atoms with Crippen molar-refractivity contribution >= 4 is 23.4 Å². The fourth-order valence-electron chi connectivity index (χ4n) is 2.82. The van der Waals surface area contributed by atoms with Gasteiger partial charge in [-0.1, -0.05) is 37.2 Å². The van der Waals surface area contributed by atoms with E-state index in [1.165, 1.54) is 30.2 Å². The second-order valence-electron chi connectivity index (χ2n) is 6.58. The topological polar surface area (TPSA) is 91.2 Å². The van der Waals surface area contributed by atoms with Crippen LogP contribution in [-0.2, 0) is 11.2 Å². The lowest BCUT2D eigenvalue weighted by molar-refractivity contribution is -0.113. The van der Waals surface area contributed by atoms with Crippen LogP contribution in [0.25, 0.3) is 5.69 Å². The lowest BCUT2D eigenvalue weighted by Gasteiger charge is -2.10. The van der Waals surface area contributed by atoms with Gasteiger partial charge in [0.2, 0.25) is 11.1 Å². The van der Waals surface area contributed by atoms with Crippen LogP contribution < -0.4 is 14.8 Å². The van der Waals surface area contributed by atoms with Crippen molar-refractivity contribution in [2.24, 2.45) is 0 Å². The number of unbranched alkanes of at least 4 members (excludes halogenated alkanes) is 1. The first-order valence-electron chi connectivity index (χ1n) is 9.66. The summed E-state index contributed by atoms with van der Waals surface area (Å²) in [6, 6.07) is 13.4. The first-order chi connectivity index (χ1) is 14.6. The number of aromatic nitrogens is 4. The SMILES string of the molecule is CCCCc1ccc(-n2nnnc2SCC(=O)Nc2cc(OC)cc(OC)c2)cc1. The number of tetrazole rings is 1. The zero-order valence-corrected chi connectivity index (χ0v) is 18.1. The third-order valence-electron chi connectivity index (χ3n) is 4.41. The molecule has 0 saturated carbocycles. The number of nitrogens with one attached hydrogen (secondary N) is 1. The van der Waals surface area contributed by atoms with E-state index in [9.17, 15) is 4.79 Å². The van der Waals surface area contributed by atoms with Crippen LogP contribution >= 0.6 is 11.8 Å². The Morgan fingerprint density at radius 3 is 2.43 bits per heavy atom. The minimum absolute atomic E-state index is 0.161. The van der Waals surface area contributed by atoms with Gasteiger partial charge < -0.3 is 14.8 Å². The molecular formula is C21H25N5O3S. The predicted octanol–water partition coefficient (Wildman–Crippen LogP) is 3.75. The molecule has 1 aromatic heterocycles. The number of benzene rings is 2. The number of hydrogen-bond donors (Lipinski definition) is 1. The lowest BCUT2D eigenvalue weighted by Crippen LogP contribution is -2.14. The molecule has 158 valence electrons. The molecule has 8 nitrogen and oxygen atoms in total. The summed E-state index contributed by atoms with van der Waals surface area (Å²) >= 11 is 1.27. The maximum atomic E-state index is 12.4. The molecule has 3 rings (SSSR count). The van der Waals surface area contributed by atoms with Crippen LogP contribution in [0.15, 0.2) is 47.6 Å².